The molecule has 2 aromatic carbocycles. The highest BCUT2D eigenvalue weighted by Crippen LogP contribution is 2.43. The topological polar surface area (TPSA) is 90.7 Å². The summed E-state index contributed by atoms with van der Waals surface area (Å²) in [5.74, 6) is -1.71. The number of amides is 1. The van der Waals surface area contributed by atoms with Crippen molar-refractivity contribution in [1.82, 2.24) is 4.98 Å². The third-order valence-corrected chi connectivity index (χ3v) is 6.16. The Bertz CT molecular complexity index is 1200. The van der Waals surface area contributed by atoms with E-state index in [0.717, 1.165) is 0 Å². The van der Waals surface area contributed by atoms with Crippen LogP contribution in [0.5, 0.6) is 5.75 Å². The van der Waals surface area contributed by atoms with Gasteiger partial charge in [0, 0.05) is 10.7 Å². The fourth-order valence-corrected chi connectivity index (χ4v) is 4.62. The number of ketones is 1. The van der Waals surface area contributed by atoms with E-state index in [0.29, 0.717) is 31.9 Å². The molecule has 3 aromatic rings. The molecule has 8 heteroatoms. The molecule has 0 aliphatic carbocycles. The third-order valence-electron chi connectivity index (χ3n) is 4.86. The average molecular weight is 441 g/mol. The fraction of sp³-hybridized carbons (Fsp3) is 0.136. The Morgan fingerprint density at radius 1 is 1.13 bits per heavy atom. The first-order chi connectivity index (χ1) is 14.3. The SMILES string of the molecule is Cc1nc(C)c(C(=O)C2=C(O)C(=O)N(c3cccc(Cl)c3)C2c2ccc(O)cc2)s1. The molecule has 0 fully saturated rings. The molecule has 30 heavy (non-hydrogen) atoms. The lowest BCUT2D eigenvalue weighted by atomic mass is 9.94. The summed E-state index contributed by atoms with van der Waals surface area (Å²) in [6.07, 6.45) is 0. The molecule has 1 unspecified atom stereocenters. The van der Waals surface area contributed by atoms with E-state index in [1.807, 2.05) is 0 Å². The summed E-state index contributed by atoms with van der Waals surface area (Å²) in [6.45, 7) is 3.51. The van der Waals surface area contributed by atoms with E-state index in [4.69, 9.17) is 11.6 Å². The van der Waals surface area contributed by atoms with Gasteiger partial charge in [0.1, 0.15) is 5.75 Å². The van der Waals surface area contributed by atoms with Gasteiger partial charge < -0.3 is 10.2 Å². The predicted octanol–water partition coefficient (Wildman–Crippen LogP) is 4.90. The normalized spacial score (nSPS) is 16.4. The Labute approximate surface area is 181 Å². The highest BCUT2D eigenvalue weighted by molar-refractivity contribution is 7.14. The van der Waals surface area contributed by atoms with Crippen molar-refractivity contribution in [3.8, 4) is 5.75 Å². The summed E-state index contributed by atoms with van der Waals surface area (Å²) in [7, 11) is 0. The quantitative estimate of drug-likeness (QED) is 0.563. The van der Waals surface area contributed by atoms with E-state index >= 15 is 0 Å². The van der Waals surface area contributed by atoms with Gasteiger partial charge >= 0.3 is 0 Å². The van der Waals surface area contributed by atoms with Crippen LogP contribution in [0.2, 0.25) is 5.02 Å². The first kappa shape index (κ1) is 20.1. The van der Waals surface area contributed by atoms with E-state index in [9.17, 15) is 19.8 Å². The van der Waals surface area contributed by atoms with Crippen molar-refractivity contribution >= 4 is 40.3 Å². The van der Waals surface area contributed by atoms with Gasteiger partial charge in [0.2, 0.25) is 5.78 Å². The zero-order valence-corrected chi connectivity index (χ0v) is 17.7. The van der Waals surface area contributed by atoms with Crippen molar-refractivity contribution in [3.05, 3.63) is 86.0 Å². The monoisotopic (exact) mass is 440 g/mol. The van der Waals surface area contributed by atoms with Crippen LogP contribution in [0.4, 0.5) is 5.69 Å². The predicted molar refractivity (Wildman–Crippen MR) is 115 cm³/mol. The second-order valence-electron chi connectivity index (χ2n) is 6.89. The van der Waals surface area contributed by atoms with Crippen molar-refractivity contribution in [2.75, 3.05) is 4.90 Å². The van der Waals surface area contributed by atoms with Crippen LogP contribution >= 0.6 is 22.9 Å². The number of halogens is 1. The van der Waals surface area contributed by atoms with Gasteiger partial charge in [-0.3, -0.25) is 14.5 Å². The number of carbonyl (C=O) groups excluding carboxylic acids is 2. The molecule has 2 heterocycles. The summed E-state index contributed by atoms with van der Waals surface area (Å²) in [6, 6.07) is 11.9. The lowest BCUT2D eigenvalue weighted by molar-refractivity contribution is -0.117. The Balaban J connectivity index is 1.90. The molecule has 0 saturated heterocycles. The maximum absolute atomic E-state index is 13.4. The minimum absolute atomic E-state index is 0.0302. The van der Waals surface area contributed by atoms with Gasteiger partial charge in [-0.1, -0.05) is 29.8 Å². The van der Waals surface area contributed by atoms with Gasteiger partial charge in [0.25, 0.3) is 5.91 Å². The first-order valence-electron chi connectivity index (χ1n) is 9.08. The second-order valence-corrected chi connectivity index (χ2v) is 8.53. The zero-order valence-electron chi connectivity index (χ0n) is 16.1. The standard InChI is InChI=1S/C22H17ClN2O4S/c1-11-21(30-12(2)24-11)19(27)17-18(13-6-8-16(26)9-7-13)25(22(29)20(17)28)15-5-3-4-14(23)10-15/h3-10,18,26,28H,1-2H3. The minimum Gasteiger partial charge on any atom is -0.508 e. The number of Topliss-reactive ketones (excluding diaryl/α,β-unsaturated/α-hetero) is 1. The molecule has 0 saturated carbocycles. The number of hydrogen-bond donors (Lipinski definition) is 2. The minimum atomic E-state index is -0.883. The molecule has 1 aliphatic heterocycles. The highest BCUT2D eigenvalue weighted by atomic mass is 35.5. The summed E-state index contributed by atoms with van der Waals surface area (Å²) in [5, 5.41) is 21.6. The van der Waals surface area contributed by atoms with E-state index in [2.05, 4.69) is 4.98 Å². The Hall–Kier alpha value is -3.16. The van der Waals surface area contributed by atoms with E-state index in [-0.39, 0.29) is 11.3 Å². The molecule has 0 radical (unpaired) electrons. The molecule has 2 N–H and O–H groups in total. The highest BCUT2D eigenvalue weighted by Gasteiger charge is 2.45. The van der Waals surface area contributed by atoms with Crippen LogP contribution in [0.25, 0.3) is 0 Å². The largest absolute Gasteiger partial charge is 0.508 e. The molecule has 1 aliphatic rings. The number of hydrogen-bond acceptors (Lipinski definition) is 6. The summed E-state index contributed by atoms with van der Waals surface area (Å²) < 4.78 is 0. The van der Waals surface area contributed by atoms with Crippen LogP contribution in [-0.4, -0.2) is 26.9 Å². The number of nitrogens with zero attached hydrogens (tertiary/aromatic N) is 2. The molecular formula is C22H17ClN2O4S. The number of aryl methyl sites for hydroxylation is 2. The number of phenolic OH excluding ortho intramolecular Hbond substituents is 1. The molecule has 1 aromatic heterocycles. The lowest BCUT2D eigenvalue weighted by Crippen LogP contribution is -2.31. The third kappa shape index (κ3) is 3.36. The van der Waals surface area contributed by atoms with Crippen molar-refractivity contribution in [2.24, 2.45) is 0 Å². The van der Waals surface area contributed by atoms with Crippen molar-refractivity contribution in [1.29, 1.82) is 0 Å². The summed E-state index contributed by atoms with van der Waals surface area (Å²) >= 11 is 7.33. The van der Waals surface area contributed by atoms with E-state index < -0.39 is 23.5 Å². The number of aromatic nitrogens is 1. The number of anilines is 1. The molecular weight excluding hydrogens is 424 g/mol. The Kier molecular flexibility index (Phi) is 5.09. The summed E-state index contributed by atoms with van der Waals surface area (Å²) in [4.78, 5) is 32.5. The van der Waals surface area contributed by atoms with Gasteiger partial charge in [-0.25, -0.2) is 4.98 Å². The Morgan fingerprint density at radius 3 is 2.43 bits per heavy atom. The molecule has 152 valence electrons. The van der Waals surface area contributed by atoms with Gasteiger partial charge in [-0.05, 0) is 49.7 Å². The lowest BCUT2D eigenvalue weighted by Gasteiger charge is -2.27. The smallest absolute Gasteiger partial charge is 0.294 e. The van der Waals surface area contributed by atoms with Crippen LogP contribution in [-0.2, 0) is 4.79 Å². The molecule has 0 spiro atoms. The number of aromatic hydroxyl groups is 1. The number of carbonyl (C=O) groups is 2. The van der Waals surface area contributed by atoms with Crippen LogP contribution in [0.3, 0.4) is 0 Å². The molecule has 1 atom stereocenters. The fourth-order valence-electron chi connectivity index (χ4n) is 3.57. The number of aliphatic hydroxyl groups is 1. The van der Waals surface area contributed by atoms with Crippen LogP contribution in [0, 0.1) is 13.8 Å². The second kappa shape index (κ2) is 7.59. The number of phenols is 1. The summed E-state index contributed by atoms with van der Waals surface area (Å²) in [5.41, 5.74) is 1.52. The van der Waals surface area contributed by atoms with Crippen LogP contribution in [0.1, 0.15) is 32.0 Å². The molecule has 1 amide bonds. The number of rotatable bonds is 4. The van der Waals surface area contributed by atoms with Crippen LogP contribution < -0.4 is 4.90 Å². The Morgan fingerprint density at radius 2 is 1.83 bits per heavy atom. The van der Waals surface area contributed by atoms with Gasteiger partial charge in [-0.15, -0.1) is 11.3 Å². The zero-order chi connectivity index (χ0) is 21.6. The van der Waals surface area contributed by atoms with Crippen molar-refractivity contribution in [3.63, 3.8) is 0 Å². The van der Waals surface area contributed by atoms with E-state index in [1.165, 1.54) is 28.4 Å². The maximum atomic E-state index is 13.4. The maximum Gasteiger partial charge on any atom is 0.294 e. The first-order valence-corrected chi connectivity index (χ1v) is 10.3. The van der Waals surface area contributed by atoms with Crippen molar-refractivity contribution in [2.45, 2.75) is 19.9 Å². The molecule has 6 nitrogen and oxygen atoms in total. The molecule has 0 bridgehead atoms. The van der Waals surface area contributed by atoms with Gasteiger partial charge in [0.05, 0.1) is 27.2 Å². The number of benzene rings is 2. The van der Waals surface area contributed by atoms with E-state index in [1.54, 1.807) is 50.2 Å². The number of aliphatic hydroxyl groups excluding tert-OH is 1. The molecule has 4 rings (SSSR count). The van der Waals surface area contributed by atoms with Gasteiger partial charge in [-0.2, -0.15) is 0 Å². The average Bonchev–Trinajstić information content (AvgIpc) is 3.18. The van der Waals surface area contributed by atoms with Crippen LogP contribution in [0.15, 0.2) is 59.9 Å². The number of thiazole rings is 1. The van der Waals surface area contributed by atoms with Gasteiger partial charge in [0.15, 0.2) is 5.76 Å². The van der Waals surface area contributed by atoms with Crippen molar-refractivity contribution < 1.29 is 19.8 Å².